The van der Waals surface area contributed by atoms with Gasteiger partial charge in [0.05, 0.1) is 0 Å². The molecule has 1 N–H and O–H groups in total. The van der Waals surface area contributed by atoms with Crippen LogP contribution in [0.15, 0.2) is 12.2 Å². The van der Waals surface area contributed by atoms with Crippen molar-refractivity contribution in [2.75, 3.05) is 0 Å². The first-order valence-electron chi connectivity index (χ1n) is 3.51. The Kier molecular flexibility index (Phi) is 5.18. The van der Waals surface area contributed by atoms with Crippen LogP contribution in [0.5, 0.6) is 0 Å². The Bertz CT molecular complexity index is 103. The molecule has 0 rings (SSSR count). The van der Waals surface area contributed by atoms with E-state index < -0.39 is 0 Å². The standard InChI is InChI=1S/C8H15N/c1-3-5-7-8(9)6-4-2/h4,6,9H,3,5,7H2,1-2H3/b6-4+,9-8?. The number of hydrogen-bond donors (Lipinski definition) is 1. The SMILES string of the molecule is C/C=C/C(=N)CCCC. The molecule has 1 nitrogen and oxygen atoms in total. The molecule has 0 aliphatic carbocycles. The van der Waals surface area contributed by atoms with Crippen LogP contribution in [-0.2, 0) is 0 Å². The summed E-state index contributed by atoms with van der Waals surface area (Å²) in [5.74, 6) is 0. The predicted octanol–water partition coefficient (Wildman–Crippen LogP) is 2.77. The van der Waals surface area contributed by atoms with Gasteiger partial charge in [0, 0.05) is 5.71 Å². The van der Waals surface area contributed by atoms with E-state index in [2.05, 4.69) is 6.92 Å². The van der Waals surface area contributed by atoms with Crippen molar-refractivity contribution in [3.05, 3.63) is 12.2 Å². The Morgan fingerprint density at radius 2 is 2.22 bits per heavy atom. The summed E-state index contributed by atoms with van der Waals surface area (Å²) in [6, 6.07) is 0. The maximum absolute atomic E-state index is 7.31. The second-order valence-electron chi connectivity index (χ2n) is 2.13. The number of rotatable bonds is 4. The van der Waals surface area contributed by atoms with Gasteiger partial charge in [-0.15, -0.1) is 0 Å². The molecule has 0 saturated carbocycles. The molecule has 9 heavy (non-hydrogen) atoms. The second-order valence-corrected chi connectivity index (χ2v) is 2.13. The molecule has 52 valence electrons. The van der Waals surface area contributed by atoms with E-state index in [0.717, 1.165) is 18.6 Å². The third kappa shape index (κ3) is 5.28. The van der Waals surface area contributed by atoms with Crippen LogP contribution in [0.3, 0.4) is 0 Å². The van der Waals surface area contributed by atoms with E-state index in [9.17, 15) is 0 Å². The van der Waals surface area contributed by atoms with Gasteiger partial charge in [0.15, 0.2) is 0 Å². The molecule has 0 aliphatic rings. The van der Waals surface area contributed by atoms with Crippen molar-refractivity contribution in [1.29, 1.82) is 5.41 Å². The van der Waals surface area contributed by atoms with E-state index in [1.165, 1.54) is 6.42 Å². The number of nitrogens with one attached hydrogen (secondary N) is 1. The third-order valence-electron chi connectivity index (χ3n) is 1.17. The predicted molar refractivity (Wildman–Crippen MR) is 42.1 cm³/mol. The molecule has 0 saturated heterocycles. The number of allylic oxidation sites excluding steroid dienone is 2. The number of hydrogen-bond acceptors (Lipinski definition) is 1. The molecule has 0 fully saturated rings. The highest BCUT2D eigenvalue weighted by Crippen LogP contribution is 1.95. The van der Waals surface area contributed by atoms with Crippen LogP contribution in [0.4, 0.5) is 0 Å². The molecule has 0 aliphatic heterocycles. The first-order valence-corrected chi connectivity index (χ1v) is 3.51. The molecule has 0 amide bonds. The van der Waals surface area contributed by atoms with Crippen LogP contribution in [0.25, 0.3) is 0 Å². The highest BCUT2D eigenvalue weighted by atomic mass is 14.4. The summed E-state index contributed by atoms with van der Waals surface area (Å²) in [6.45, 7) is 4.09. The summed E-state index contributed by atoms with van der Waals surface area (Å²) in [5, 5.41) is 7.31. The molecular weight excluding hydrogens is 110 g/mol. The molecule has 0 heterocycles. The third-order valence-corrected chi connectivity index (χ3v) is 1.17. The van der Waals surface area contributed by atoms with Gasteiger partial charge in [-0.3, -0.25) is 0 Å². The van der Waals surface area contributed by atoms with Crippen molar-refractivity contribution in [1.82, 2.24) is 0 Å². The zero-order chi connectivity index (χ0) is 7.11. The zero-order valence-corrected chi connectivity index (χ0v) is 6.28. The molecule has 0 spiro atoms. The lowest BCUT2D eigenvalue weighted by molar-refractivity contribution is 0.834. The largest absolute Gasteiger partial charge is 0.305 e. The lowest BCUT2D eigenvalue weighted by atomic mass is 10.2. The Hall–Kier alpha value is -0.590. The van der Waals surface area contributed by atoms with Gasteiger partial charge in [-0.2, -0.15) is 0 Å². The molecule has 0 aromatic heterocycles. The van der Waals surface area contributed by atoms with Gasteiger partial charge >= 0.3 is 0 Å². The van der Waals surface area contributed by atoms with Crippen molar-refractivity contribution in [2.45, 2.75) is 33.1 Å². The molecule has 0 bridgehead atoms. The van der Waals surface area contributed by atoms with Gasteiger partial charge < -0.3 is 5.41 Å². The van der Waals surface area contributed by atoms with Gasteiger partial charge in [-0.05, 0) is 25.8 Å². The normalized spacial score (nSPS) is 10.4. The highest BCUT2D eigenvalue weighted by Gasteiger charge is 1.87. The highest BCUT2D eigenvalue weighted by molar-refractivity contribution is 5.91. The molecule has 0 aromatic rings. The summed E-state index contributed by atoms with van der Waals surface area (Å²) in [6.07, 6.45) is 7.03. The van der Waals surface area contributed by atoms with Gasteiger partial charge in [0.1, 0.15) is 0 Å². The Labute approximate surface area is 57.3 Å². The molecular formula is C8H15N. The fourth-order valence-corrected chi connectivity index (χ4v) is 0.652. The Balaban J connectivity index is 3.27. The topological polar surface area (TPSA) is 23.9 Å². The summed E-state index contributed by atoms with van der Waals surface area (Å²) in [4.78, 5) is 0. The monoisotopic (exact) mass is 125 g/mol. The average molecular weight is 125 g/mol. The minimum Gasteiger partial charge on any atom is -0.305 e. The minimum absolute atomic E-state index is 0.749. The average Bonchev–Trinajstić information content (AvgIpc) is 1.85. The molecule has 0 atom stereocenters. The molecule has 0 unspecified atom stereocenters. The lowest BCUT2D eigenvalue weighted by Gasteiger charge is -1.92. The van der Waals surface area contributed by atoms with Gasteiger partial charge in [-0.1, -0.05) is 19.4 Å². The summed E-state index contributed by atoms with van der Waals surface area (Å²) < 4.78 is 0. The van der Waals surface area contributed by atoms with Gasteiger partial charge in [-0.25, -0.2) is 0 Å². The van der Waals surface area contributed by atoms with E-state index in [-0.39, 0.29) is 0 Å². The van der Waals surface area contributed by atoms with Crippen LogP contribution in [0, 0.1) is 5.41 Å². The van der Waals surface area contributed by atoms with Crippen LogP contribution in [-0.4, -0.2) is 5.71 Å². The van der Waals surface area contributed by atoms with Crippen LogP contribution < -0.4 is 0 Å². The maximum atomic E-state index is 7.31. The van der Waals surface area contributed by atoms with Crippen LogP contribution >= 0.6 is 0 Å². The van der Waals surface area contributed by atoms with Crippen molar-refractivity contribution in [3.63, 3.8) is 0 Å². The summed E-state index contributed by atoms with van der Waals surface area (Å²) >= 11 is 0. The zero-order valence-electron chi connectivity index (χ0n) is 6.28. The van der Waals surface area contributed by atoms with E-state index in [1.54, 1.807) is 0 Å². The van der Waals surface area contributed by atoms with Crippen LogP contribution in [0.2, 0.25) is 0 Å². The van der Waals surface area contributed by atoms with Crippen molar-refractivity contribution in [2.24, 2.45) is 0 Å². The maximum Gasteiger partial charge on any atom is 0.0310 e. The van der Waals surface area contributed by atoms with E-state index >= 15 is 0 Å². The molecule has 0 aromatic carbocycles. The molecule has 1 heteroatoms. The Morgan fingerprint density at radius 3 is 2.67 bits per heavy atom. The second kappa shape index (κ2) is 5.54. The lowest BCUT2D eigenvalue weighted by Crippen LogP contribution is -1.88. The first-order chi connectivity index (χ1) is 4.31. The fraction of sp³-hybridized carbons (Fsp3) is 0.625. The summed E-state index contributed by atoms with van der Waals surface area (Å²) in [5.41, 5.74) is 0.749. The van der Waals surface area contributed by atoms with Crippen LogP contribution in [0.1, 0.15) is 33.1 Å². The number of unbranched alkanes of at least 4 members (excludes halogenated alkanes) is 1. The minimum atomic E-state index is 0.749. The molecule has 0 radical (unpaired) electrons. The van der Waals surface area contributed by atoms with Gasteiger partial charge in [0.2, 0.25) is 0 Å². The fourth-order valence-electron chi connectivity index (χ4n) is 0.652. The summed E-state index contributed by atoms with van der Waals surface area (Å²) in [7, 11) is 0. The van der Waals surface area contributed by atoms with Crippen molar-refractivity contribution >= 4 is 5.71 Å². The first kappa shape index (κ1) is 8.41. The smallest absolute Gasteiger partial charge is 0.0310 e. The van der Waals surface area contributed by atoms with Crippen molar-refractivity contribution in [3.8, 4) is 0 Å². The Morgan fingerprint density at radius 1 is 1.56 bits per heavy atom. The van der Waals surface area contributed by atoms with Gasteiger partial charge in [0.25, 0.3) is 0 Å². The van der Waals surface area contributed by atoms with E-state index in [0.29, 0.717) is 0 Å². The quantitative estimate of drug-likeness (QED) is 0.559. The van der Waals surface area contributed by atoms with E-state index in [1.807, 2.05) is 19.1 Å². The van der Waals surface area contributed by atoms with E-state index in [4.69, 9.17) is 5.41 Å². The van der Waals surface area contributed by atoms with Crippen molar-refractivity contribution < 1.29 is 0 Å².